The molecule has 0 N–H and O–H groups in total. The van der Waals surface area contributed by atoms with Crippen LogP contribution in [0.2, 0.25) is 0 Å². The Hall–Kier alpha value is -2.64. The zero-order chi connectivity index (χ0) is 17.5. The zero-order valence-corrected chi connectivity index (χ0v) is 15.5. The molecule has 3 aromatic rings. The van der Waals surface area contributed by atoms with Crippen molar-refractivity contribution >= 4 is 27.6 Å². The van der Waals surface area contributed by atoms with Gasteiger partial charge in [-0.25, -0.2) is 0 Å². The van der Waals surface area contributed by atoms with Gasteiger partial charge in [0, 0.05) is 17.8 Å². The van der Waals surface area contributed by atoms with Gasteiger partial charge in [-0.2, -0.15) is 0 Å². The predicted octanol–water partition coefficient (Wildman–Crippen LogP) is 5.19. The van der Waals surface area contributed by atoms with Gasteiger partial charge in [0.15, 0.2) is 0 Å². The Labute approximate surface area is 158 Å². The number of allylic oxidation sites excluding steroid dienone is 2. The molecule has 0 saturated carbocycles. The summed E-state index contributed by atoms with van der Waals surface area (Å²) in [6.45, 7) is 0. The summed E-state index contributed by atoms with van der Waals surface area (Å²) in [4.78, 5) is 0. The lowest BCUT2D eigenvalue weighted by molar-refractivity contribution is 0.575. The molecule has 5 rings (SSSR count). The van der Waals surface area contributed by atoms with Crippen molar-refractivity contribution in [2.24, 2.45) is 0 Å². The summed E-state index contributed by atoms with van der Waals surface area (Å²) in [5, 5.41) is 1.19. The maximum Gasteiger partial charge on any atom is 0.0715 e. The van der Waals surface area contributed by atoms with E-state index in [4.69, 9.17) is 0 Å². The molecule has 123 valence electrons. The van der Waals surface area contributed by atoms with Crippen molar-refractivity contribution in [1.82, 2.24) is 0 Å². The van der Waals surface area contributed by atoms with Gasteiger partial charge < -0.3 is 0 Å². The van der Waals surface area contributed by atoms with Crippen molar-refractivity contribution in [3.05, 3.63) is 113 Å². The van der Waals surface area contributed by atoms with Gasteiger partial charge in [-0.3, -0.25) is 0 Å². The fourth-order valence-corrected chi connectivity index (χ4v) is 4.92. The van der Waals surface area contributed by atoms with Crippen LogP contribution >= 0.6 is 0 Å². The van der Waals surface area contributed by atoms with Gasteiger partial charge in [0.2, 0.25) is 0 Å². The smallest absolute Gasteiger partial charge is 0.0715 e. The SMILES string of the molecule is [Si]c1ccccc1C(C1C=Cc2ccccc21)C1C=Cc2ccccc21. The third-order valence-electron chi connectivity index (χ3n) is 5.77. The van der Waals surface area contributed by atoms with E-state index in [2.05, 4.69) is 107 Å². The molecule has 0 nitrogen and oxygen atoms in total. The lowest BCUT2D eigenvalue weighted by Crippen LogP contribution is -2.22. The average molecular weight is 348 g/mol. The van der Waals surface area contributed by atoms with Crippen LogP contribution in [0.3, 0.4) is 0 Å². The number of hydrogen-bond acceptors (Lipinski definition) is 0. The highest BCUT2D eigenvalue weighted by atomic mass is 28.1. The lowest BCUT2D eigenvalue weighted by Gasteiger charge is -2.31. The molecule has 0 aromatic heterocycles. The van der Waals surface area contributed by atoms with Gasteiger partial charge in [-0.15, -0.1) is 0 Å². The van der Waals surface area contributed by atoms with E-state index in [-0.39, 0.29) is 0 Å². The predicted molar refractivity (Wildman–Crippen MR) is 111 cm³/mol. The summed E-state index contributed by atoms with van der Waals surface area (Å²) in [5.74, 6) is 1.12. The second-order valence-electron chi connectivity index (χ2n) is 7.14. The first-order chi connectivity index (χ1) is 12.8. The van der Waals surface area contributed by atoms with Gasteiger partial charge >= 0.3 is 0 Å². The molecule has 0 aliphatic heterocycles. The monoisotopic (exact) mass is 347 g/mol. The van der Waals surface area contributed by atoms with Crippen molar-refractivity contribution in [3.8, 4) is 0 Å². The molecular formula is C25H19Si. The number of benzene rings is 3. The summed E-state index contributed by atoms with van der Waals surface area (Å²) in [7, 11) is 3.88. The zero-order valence-electron chi connectivity index (χ0n) is 14.5. The third-order valence-corrected chi connectivity index (χ3v) is 6.23. The second kappa shape index (κ2) is 6.26. The second-order valence-corrected chi connectivity index (χ2v) is 7.68. The summed E-state index contributed by atoms with van der Waals surface area (Å²) in [5.41, 5.74) is 6.95. The van der Waals surface area contributed by atoms with Crippen LogP contribution in [0, 0.1) is 0 Å². The van der Waals surface area contributed by atoms with Crippen LogP contribution in [0.25, 0.3) is 12.2 Å². The molecule has 3 aromatic carbocycles. The number of hydrogen-bond donors (Lipinski definition) is 0. The molecule has 2 unspecified atom stereocenters. The van der Waals surface area contributed by atoms with E-state index >= 15 is 0 Å². The number of fused-ring (bicyclic) bond motifs is 2. The Bertz CT molecular complexity index is 966. The Balaban J connectivity index is 1.68. The molecule has 1 heteroatoms. The van der Waals surface area contributed by atoms with E-state index in [1.54, 1.807) is 0 Å². The van der Waals surface area contributed by atoms with E-state index < -0.39 is 0 Å². The summed E-state index contributed by atoms with van der Waals surface area (Å²) in [6, 6.07) is 26.3. The van der Waals surface area contributed by atoms with Crippen LogP contribution < -0.4 is 5.19 Å². The minimum Gasteiger partial charge on any atom is -0.0757 e. The first kappa shape index (κ1) is 15.6. The van der Waals surface area contributed by atoms with E-state index in [0.717, 1.165) is 0 Å². The van der Waals surface area contributed by atoms with Crippen molar-refractivity contribution in [2.75, 3.05) is 0 Å². The molecule has 0 heterocycles. The maximum atomic E-state index is 3.88. The topological polar surface area (TPSA) is 0 Å². The molecule has 26 heavy (non-hydrogen) atoms. The fourth-order valence-electron chi connectivity index (χ4n) is 4.58. The van der Waals surface area contributed by atoms with Crippen LogP contribution in [0.15, 0.2) is 84.9 Å². The third kappa shape index (κ3) is 2.43. The minimum absolute atomic E-state index is 0.364. The first-order valence-corrected chi connectivity index (χ1v) is 9.68. The van der Waals surface area contributed by atoms with E-state index in [9.17, 15) is 0 Å². The van der Waals surface area contributed by atoms with Crippen LogP contribution in [0.5, 0.6) is 0 Å². The summed E-state index contributed by atoms with van der Waals surface area (Å²) < 4.78 is 0. The van der Waals surface area contributed by atoms with E-state index in [1.807, 2.05) is 0 Å². The molecule has 2 aliphatic carbocycles. The molecule has 0 bridgehead atoms. The highest BCUT2D eigenvalue weighted by molar-refractivity contribution is 6.33. The van der Waals surface area contributed by atoms with Gasteiger partial charge in [0.1, 0.15) is 0 Å². The van der Waals surface area contributed by atoms with E-state index in [0.29, 0.717) is 17.8 Å². The minimum atomic E-state index is 0.364. The van der Waals surface area contributed by atoms with Crippen LogP contribution in [0.1, 0.15) is 45.6 Å². The summed E-state index contributed by atoms with van der Waals surface area (Å²) >= 11 is 0. The van der Waals surface area contributed by atoms with Crippen molar-refractivity contribution in [3.63, 3.8) is 0 Å². The van der Waals surface area contributed by atoms with Gasteiger partial charge in [0.25, 0.3) is 0 Å². The summed E-state index contributed by atoms with van der Waals surface area (Å²) in [6.07, 6.45) is 9.35. The molecule has 3 radical (unpaired) electrons. The Morgan fingerprint density at radius 2 is 1.12 bits per heavy atom. The van der Waals surface area contributed by atoms with Gasteiger partial charge in [-0.1, -0.05) is 102 Å². The molecule has 0 fully saturated rings. The standard InChI is InChI=1S/C25H19Si/c26-24-12-6-5-11-23(24)25(21-15-13-17-7-1-3-9-19(17)21)22-16-14-18-8-2-4-10-20(18)22/h1-16,21-22,25H. The Morgan fingerprint density at radius 3 is 1.69 bits per heavy atom. The Morgan fingerprint density at radius 1 is 0.615 bits per heavy atom. The molecule has 0 saturated heterocycles. The Kier molecular flexibility index (Phi) is 3.76. The maximum absolute atomic E-state index is 3.88. The van der Waals surface area contributed by atoms with Crippen molar-refractivity contribution in [1.29, 1.82) is 0 Å². The van der Waals surface area contributed by atoms with Crippen molar-refractivity contribution in [2.45, 2.75) is 17.8 Å². The van der Waals surface area contributed by atoms with Gasteiger partial charge in [0.05, 0.1) is 10.2 Å². The quantitative estimate of drug-likeness (QED) is 0.572. The van der Waals surface area contributed by atoms with Crippen LogP contribution in [-0.4, -0.2) is 10.2 Å². The molecule has 0 amide bonds. The highest BCUT2D eigenvalue weighted by Gasteiger charge is 2.35. The normalized spacial score (nSPS) is 20.8. The van der Waals surface area contributed by atoms with Gasteiger partial charge in [-0.05, 0) is 27.8 Å². The highest BCUT2D eigenvalue weighted by Crippen LogP contribution is 2.50. The lowest BCUT2D eigenvalue weighted by atomic mass is 9.73. The number of rotatable bonds is 3. The van der Waals surface area contributed by atoms with Crippen LogP contribution in [-0.2, 0) is 0 Å². The van der Waals surface area contributed by atoms with Crippen molar-refractivity contribution < 1.29 is 0 Å². The fraction of sp³-hybridized carbons (Fsp3) is 0.120. The molecular weight excluding hydrogens is 328 g/mol. The average Bonchev–Trinajstić information content (AvgIpc) is 3.29. The molecule has 2 atom stereocenters. The largest absolute Gasteiger partial charge is 0.0757 e. The van der Waals surface area contributed by atoms with E-state index in [1.165, 1.54) is 33.0 Å². The first-order valence-electron chi connectivity index (χ1n) is 9.18. The van der Waals surface area contributed by atoms with Crippen LogP contribution in [0.4, 0.5) is 0 Å². The molecule has 0 spiro atoms. The molecule has 2 aliphatic rings.